The van der Waals surface area contributed by atoms with Crippen LogP contribution in [-0.4, -0.2) is 36.1 Å². The van der Waals surface area contributed by atoms with Crippen LogP contribution in [0.2, 0.25) is 0 Å². The minimum atomic E-state index is -0.321. The van der Waals surface area contributed by atoms with Gasteiger partial charge in [0.1, 0.15) is 0 Å². The Hall–Kier alpha value is -1.30. The molecule has 0 spiro atoms. The highest BCUT2D eigenvalue weighted by molar-refractivity contribution is 5.79. The summed E-state index contributed by atoms with van der Waals surface area (Å²) in [5.41, 5.74) is 5.52. The van der Waals surface area contributed by atoms with Crippen LogP contribution in [0.3, 0.4) is 0 Å². The van der Waals surface area contributed by atoms with Crippen LogP contribution < -0.4 is 21.7 Å². The summed E-state index contributed by atoms with van der Waals surface area (Å²) >= 11 is 0. The van der Waals surface area contributed by atoms with Crippen molar-refractivity contribution < 1.29 is 9.59 Å². The minimum Gasteiger partial charge on any atom is -0.349 e. The molecule has 0 atom stereocenters. The summed E-state index contributed by atoms with van der Waals surface area (Å²) in [6.07, 6.45) is 9.41. The van der Waals surface area contributed by atoms with Gasteiger partial charge in [0.05, 0.1) is 5.54 Å². The molecule has 0 heterocycles. The Bertz CT molecular complexity index is 486. The van der Waals surface area contributed by atoms with Crippen molar-refractivity contribution in [3.8, 4) is 0 Å². The molecule has 4 bridgehead atoms. The zero-order valence-corrected chi connectivity index (χ0v) is 16.4. The third-order valence-corrected chi connectivity index (χ3v) is 7.20. The van der Waals surface area contributed by atoms with Gasteiger partial charge in [-0.25, -0.2) is 4.79 Å². The summed E-state index contributed by atoms with van der Waals surface area (Å²) in [5.74, 6) is 2.37. The molecule has 6 nitrogen and oxygen atoms in total. The first-order valence-electron chi connectivity index (χ1n) is 10.5. The molecule has 6 heteroatoms. The molecule has 0 aliphatic heterocycles. The Kier molecular flexibility index (Phi) is 5.80. The zero-order valence-electron chi connectivity index (χ0n) is 16.4. The van der Waals surface area contributed by atoms with Crippen LogP contribution in [0.5, 0.6) is 0 Å². The highest BCUT2D eigenvalue weighted by Gasteiger charge is 2.51. The number of nitrogens with two attached hydrogens (primary N) is 1. The molecule has 4 aliphatic carbocycles. The second-order valence-corrected chi connectivity index (χ2v) is 9.07. The normalized spacial score (nSPS) is 32.3. The first-order chi connectivity index (χ1) is 12.4. The van der Waals surface area contributed by atoms with Gasteiger partial charge in [0.2, 0.25) is 5.91 Å². The maximum Gasteiger partial charge on any atom is 0.315 e. The second kappa shape index (κ2) is 7.75. The minimum absolute atomic E-state index is 0.0141. The third kappa shape index (κ3) is 4.16. The number of nitrogens with one attached hydrogen (secondary N) is 3. The van der Waals surface area contributed by atoms with Gasteiger partial charge in [0.25, 0.3) is 0 Å². The van der Waals surface area contributed by atoms with E-state index in [2.05, 4.69) is 16.0 Å². The quantitative estimate of drug-likeness (QED) is 0.532. The number of hydrogen-bond donors (Lipinski definition) is 4. The SMILES string of the molecule is CCC(CC)(CN)NC(=O)CCNC(=O)NC12CC3CC(CC(C3)C1)C2. The lowest BCUT2D eigenvalue weighted by Crippen LogP contribution is -2.61. The lowest BCUT2D eigenvalue weighted by atomic mass is 9.53. The van der Waals surface area contributed by atoms with E-state index >= 15 is 0 Å². The maximum absolute atomic E-state index is 12.4. The molecule has 4 saturated carbocycles. The smallest absolute Gasteiger partial charge is 0.315 e. The average molecular weight is 365 g/mol. The van der Waals surface area contributed by atoms with Crippen LogP contribution >= 0.6 is 0 Å². The molecular weight excluding hydrogens is 328 g/mol. The molecule has 4 aliphatic rings. The van der Waals surface area contributed by atoms with E-state index in [4.69, 9.17) is 5.73 Å². The van der Waals surface area contributed by atoms with Crippen LogP contribution in [0.25, 0.3) is 0 Å². The van der Waals surface area contributed by atoms with E-state index in [9.17, 15) is 9.59 Å². The number of hydrogen-bond acceptors (Lipinski definition) is 3. The predicted molar refractivity (Wildman–Crippen MR) is 103 cm³/mol. The molecule has 148 valence electrons. The van der Waals surface area contributed by atoms with Gasteiger partial charge >= 0.3 is 6.03 Å². The summed E-state index contributed by atoms with van der Waals surface area (Å²) in [4.78, 5) is 24.6. The number of carbonyl (C=O) groups is 2. The van der Waals surface area contributed by atoms with Gasteiger partial charge in [-0.1, -0.05) is 13.8 Å². The van der Waals surface area contributed by atoms with E-state index in [0.717, 1.165) is 49.9 Å². The van der Waals surface area contributed by atoms with Gasteiger partial charge in [-0.2, -0.15) is 0 Å². The zero-order chi connectivity index (χ0) is 18.8. The van der Waals surface area contributed by atoms with E-state index in [1.165, 1.54) is 19.3 Å². The van der Waals surface area contributed by atoms with Gasteiger partial charge < -0.3 is 21.7 Å². The van der Waals surface area contributed by atoms with E-state index in [-0.39, 0.29) is 29.4 Å². The Morgan fingerprint density at radius 2 is 1.58 bits per heavy atom. The maximum atomic E-state index is 12.4. The fourth-order valence-electron chi connectivity index (χ4n) is 5.96. The van der Waals surface area contributed by atoms with E-state index in [1.54, 1.807) is 0 Å². The number of urea groups is 1. The standard InChI is InChI=1S/C20H36N4O2/c1-3-19(4-2,13-21)23-17(25)5-6-22-18(26)24-20-10-14-7-15(11-20)9-16(8-14)12-20/h14-16H,3-13,21H2,1-2H3,(H,23,25)(H2,22,24,26). The molecule has 26 heavy (non-hydrogen) atoms. The second-order valence-electron chi connectivity index (χ2n) is 9.07. The Morgan fingerprint density at radius 1 is 1.04 bits per heavy atom. The van der Waals surface area contributed by atoms with E-state index < -0.39 is 0 Å². The fourth-order valence-corrected chi connectivity index (χ4v) is 5.96. The molecule has 0 aromatic heterocycles. The summed E-state index contributed by atoms with van der Waals surface area (Å²) in [7, 11) is 0. The molecule has 4 fully saturated rings. The largest absolute Gasteiger partial charge is 0.349 e. The monoisotopic (exact) mass is 364 g/mol. The van der Waals surface area contributed by atoms with Crippen molar-refractivity contribution in [2.45, 2.75) is 82.7 Å². The fraction of sp³-hybridized carbons (Fsp3) is 0.900. The molecule has 0 aromatic rings. The molecule has 4 rings (SSSR count). The van der Waals surface area contributed by atoms with Crippen molar-refractivity contribution in [2.24, 2.45) is 23.5 Å². The molecule has 5 N–H and O–H groups in total. The van der Waals surface area contributed by atoms with Gasteiger partial charge in [0, 0.05) is 25.0 Å². The van der Waals surface area contributed by atoms with Crippen LogP contribution in [0.4, 0.5) is 4.79 Å². The van der Waals surface area contributed by atoms with Gasteiger partial charge in [-0.3, -0.25) is 4.79 Å². The molecule has 0 aromatic carbocycles. The summed E-state index contributed by atoms with van der Waals surface area (Å²) in [6, 6.07) is -0.115. The molecule has 0 saturated heterocycles. The van der Waals surface area contributed by atoms with Crippen molar-refractivity contribution in [1.29, 1.82) is 0 Å². The van der Waals surface area contributed by atoms with Crippen molar-refractivity contribution in [2.75, 3.05) is 13.1 Å². The first kappa shape index (κ1) is 19.5. The van der Waals surface area contributed by atoms with Crippen molar-refractivity contribution in [3.63, 3.8) is 0 Å². The first-order valence-corrected chi connectivity index (χ1v) is 10.5. The summed E-state index contributed by atoms with van der Waals surface area (Å²) in [5, 5.41) is 9.21. The third-order valence-electron chi connectivity index (χ3n) is 7.20. The van der Waals surface area contributed by atoms with Gasteiger partial charge in [-0.05, 0) is 69.1 Å². The Balaban J connectivity index is 1.41. The van der Waals surface area contributed by atoms with Crippen LogP contribution in [0, 0.1) is 17.8 Å². The van der Waals surface area contributed by atoms with Crippen LogP contribution in [0.15, 0.2) is 0 Å². The molecule has 0 unspecified atom stereocenters. The van der Waals surface area contributed by atoms with Crippen molar-refractivity contribution in [1.82, 2.24) is 16.0 Å². The number of carbonyl (C=O) groups excluding carboxylic acids is 2. The lowest BCUT2D eigenvalue weighted by Gasteiger charge is -2.56. The Morgan fingerprint density at radius 3 is 2.04 bits per heavy atom. The van der Waals surface area contributed by atoms with Gasteiger partial charge in [-0.15, -0.1) is 0 Å². The molecular formula is C20H36N4O2. The van der Waals surface area contributed by atoms with Crippen LogP contribution in [-0.2, 0) is 4.79 Å². The predicted octanol–water partition coefficient (Wildman–Crippen LogP) is 2.28. The summed E-state index contributed by atoms with van der Waals surface area (Å²) in [6.45, 7) is 4.87. The average Bonchev–Trinajstić information content (AvgIpc) is 2.58. The lowest BCUT2D eigenvalue weighted by molar-refractivity contribution is -0.122. The molecule has 3 amide bonds. The topological polar surface area (TPSA) is 96.2 Å². The van der Waals surface area contributed by atoms with Crippen LogP contribution in [0.1, 0.15) is 71.6 Å². The summed E-state index contributed by atoms with van der Waals surface area (Å²) < 4.78 is 0. The highest BCUT2D eigenvalue weighted by atomic mass is 16.2. The number of rotatable bonds is 8. The van der Waals surface area contributed by atoms with Crippen molar-refractivity contribution >= 4 is 11.9 Å². The van der Waals surface area contributed by atoms with E-state index in [1.807, 2.05) is 13.8 Å². The number of amides is 3. The Labute approximate surface area is 157 Å². The van der Waals surface area contributed by atoms with Gasteiger partial charge in [0.15, 0.2) is 0 Å². The van der Waals surface area contributed by atoms with E-state index in [0.29, 0.717) is 13.1 Å². The molecule has 0 radical (unpaired) electrons. The highest BCUT2D eigenvalue weighted by Crippen LogP contribution is 2.55. The van der Waals surface area contributed by atoms with Crippen molar-refractivity contribution in [3.05, 3.63) is 0 Å².